The monoisotopic (exact) mass is 170 g/mol. The van der Waals surface area contributed by atoms with E-state index in [1.165, 1.54) is 5.57 Å². The van der Waals surface area contributed by atoms with Gasteiger partial charge in [0.2, 0.25) is 0 Å². The molecule has 0 bridgehead atoms. The fourth-order valence-electron chi connectivity index (χ4n) is 2.03. The molecule has 70 valence electrons. The van der Waals surface area contributed by atoms with Crippen molar-refractivity contribution in [2.24, 2.45) is 11.8 Å². The molecule has 2 nitrogen and oxygen atoms in total. The Kier molecular flexibility index (Phi) is 3.29. The Hall–Kier alpha value is -0.340. The van der Waals surface area contributed by atoms with E-state index in [2.05, 4.69) is 6.92 Å². The molecule has 1 aliphatic carbocycles. The number of aliphatic hydroxyl groups is 2. The van der Waals surface area contributed by atoms with Crippen LogP contribution in [0.15, 0.2) is 11.1 Å². The van der Waals surface area contributed by atoms with Crippen molar-refractivity contribution in [3.8, 4) is 0 Å². The zero-order valence-corrected chi connectivity index (χ0v) is 7.88. The van der Waals surface area contributed by atoms with E-state index in [9.17, 15) is 0 Å². The first-order valence-electron chi connectivity index (χ1n) is 4.61. The van der Waals surface area contributed by atoms with Gasteiger partial charge in [0.1, 0.15) is 0 Å². The fraction of sp³-hybridized carbons (Fsp3) is 0.800. The van der Waals surface area contributed by atoms with Crippen LogP contribution in [0.5, 0.6) is 0 Å². The molecular weight excluding hydrogens is 152 g/mol. The van der Waals surface area contributed by atoms with Gasteiger partial charge in [-0.25, -0.2) is 0 Å². The Morgan fingerprint density at radius 2 is 2.17 bits per heavy atom. The van der Waals surface area contributed by atoms with Crippen LogP contribution in [-0.2, 0) is 0 Å². The Bertz CT molecular complexity index is 184. The van der Waals surface area contributed by atoms with Crippen molar-refractivity contribution in [3.05, 3.63) is 11.1 Å². The number of rotatable bonds is 3. The van der Waals surface area contributed by atoms with Crippen molar-refractivity contribution in [3.63, 3.8) is 0 Å². The van der Waals surface area contributed by atoms with Crippen LogP contribution in [0.25, 0.3) is 0 Å². The first-order chi connectivity index (χ1) is 5.70. The summed E-state index contributed by atoms with van der Waals surface area (Å²) in [5.41, 5.74) is 2.49. The third-order valence-corrected chi connectivity index (χ3v) is 2.97. The van der Waals surface area contributed by atoms with Crippen molar-refractivity contribution >= 4 is 0 Å². The highest BCUT2D eigenvalue weighted by Gasteiger charge is 2.26. The van der Waals surface area contributed by atoms with Gasteiger partial charge in [-0.15, -0.1) is 0 Å². The lowest BCUT2D eigenvalue weighted by Crippen LogP contribution is -2.16. The molecule has 0 amide bonds. The zero-order valence-electron chi connectivity index (χ0n) is 7.88. The Morgan fingerprint density at radius 1 is 1.50 bits per heavy atom. The van der Waals surface area contributed by atoms with Crippen molar-refractivity contribution in [2.75, 3.05) is 13.2 Å². The van der Waals surface area contributed by atoms with Crippen LogP contribution in [0, 0.1) is 11.8 Å². The van der Waals surface area contributed by atoms with Crippen LogP contribution in [0.1, 0.15) is 26.7 Å². The molecule has 1 aliphatic rings. The molecule has 1 rings (SSSR count). The smallest absolute Gasteiger partial charge is 0.0647 e. The van der Waals surface area contributed by atoms with E-state index >= 15 is 0 Å². The van der Waals surface area contributed by atoms with Crippen molar-refractivity contribution in [1.82, 2.24) is 0 Å². The maximum absolute atomic E-state index is 9.11. The highest BCUT2D eigenvalue weighted by atomic mass is 16.3. The van der Waals surface area contributed by atoms with Crippen LogP contribution in [0.2, 0.25) is 0 Å². The van der Waals surface area contributed by atoms with Gasteiger partial charge in [-0.2, -0.15) is 0 Å². The Labute approximate surface area is 73.9 Å². The van der Waals surface area contributed by atoms with Crippen LogP contribution in [0.3, 0.4) is 0 Å². The van der Waals surface area contributed by atoms with Gasteiger partial charge >= 0.3 is 0 Å². The van der Waals surface area contributed by atoms with Gasteiger partial charge in [-0.3, -0.25) is 0 Å². The van der Waals surface area contributed by atoms with Crippen LogP contribution in [-0.4, -0.2) is 23.4 Å². The maximum atomic E-state index is 9.11. The van der Waals surface area contributed by atoms with Crippen LogP contribution in [0.4, 0.5) is 0 Å². The number of aliphatic hydroxyl groups excluding tert-OH is 2. The number of allylic oxidation sites excluding steroid dienone is 1. The zero-order chi connectivity index (χ0) is 9.14. The molecule has 0 aromatic rings. The first-order valence-corrected chi connectivity index (χ1v) is 4.61. The lowest BCUT2D eigenvalue weighted by Gasteiger charge is -2.19. The molecule has 0 spiro atoms. The molecule has 0 saturated carbocycles. The molecule has 0 fully saturated rings. The van der Waals surface area contributed by atoms with Gasteiger partial charge in [-0.05, 0) is 37.2 Å². The van der Waals surface area contributed by atoms with Gasteiger partial charge in [0, 0.05) is 6.61 Å². The molecule has 2 heteroatoms. The molecule has 2 atom stereocenters. The third kappa shape index (κ3) is 1.70. The highest BCUT2D eigenvalue weighted by molar-refractivity contribution is 5.22. The summed E-state index contributed by atoms with van der Waals surface area (Å²) in [5, 5.41) is 18.1. The first kappa shape index (κ1) is 9.75. The summed E-state index contributed by atoms with van der Waals surface area (Å²) in [6, 6.07) is 0. The SMILES string of the molecule is CC1=C(CO)[C@H]([C@H](C)CO)CC1. The van der Waals surface area contributed by atoms with Gasteiger partial charge in [-0.1, -0.05) is 12.5 Å². The second-order valence-electron chi connectivity index (χ2n) is 3.77. The number of hydrogen-bond donors (Lipinski definition) is 2. The normalized spacial score (nSPS) is 26.5. The second-order valence-corrected chi connectivity index (χ2v) is 3.77. The number of hydrogen-bond acceptors (Lipinski definition) is 2. The minimum absolute atomic E-state index is 0.168. The van der Waals surface area contributed by atoms with Gasteiger partial charge < -0.3 is 10.2 Å². The maximum Gasteiger partial charge on any atom is 0.0647 e. The second kappa shape index (κ2) is 4.06. The minimum Gasteiger partial charge on any atom is -0.396 e. The van der Waals surface area contributed by atoms with Crippen LogP contribution < -0.4 is 0 Å². The van der Waals surface area contributed by atoms with Crippen LogP contribution >= 0.6 is 0 Å². The summed E-state index contributed by atoms with van der Waals surface area (Å²) in [6.45, 7) is 4.51. The van der Waals surface area contributed by atoms with Crippen molar-refractivity contribution < 1.29 is 10.2 Å². The van der Waals surface area contributed by atoms with Gasteiger partial charge in [0.05, 0.1) is 6.61 Å². The lowest BCUT2D eigenvalue weighted by molar-refractivity contribution is 0.193. The van der Waals surface area contributed by atoms with E-state index in [0.29, 0.717) is 11.8 Å². The topological polar surface area (TPSA) is 40.5 Å². The van der Waals surface area contributed by atoms with Crippen molar-refractivity contribution in [2.45, 2.75) is 26.7 Å². The molecule has 0 unspecified atom stereocenters. The largest absolute Gasteiger partial charge is 0.396 e. The quantitative estimate of drug-likeness (QED) is 0.627. The Balaban J connectivity index is 2.69. The van der Waals surface area contributed by atoms with Gasteiger partial charge in [0.15, 0.2) is 0 Å². The van der Waals surface area contributed by atoms with E-state index in [0.717, 1.165) is 18.4 Å². The minimum atomic E-state index is 0.168. The average Bonchev–Trinajstić information content (AvgIpc) is 2.45. The van der Waals surface area contributed by atoms with E-state index < -0.39 is 0 Å². The summed E-state index contributed by atoms with van der Waals surface area (Å²) in [5.74, 6) is 0.713. The summed E-state index contributed by atoms with van der Waals surface area (Å²) >= 11 is 0. The molecule has 0 aromatic carbocycles. The molecule has 0 saturated heterocycles. The molecule has 0 aromatic heterocycles. The summed E-state index contributed by atoms with van der Waals surface area (Å²) < 4.78 is 0. The van der Waals surface area contributed by atoms with E-state index in [-0.39, 0.29) is 13.2 Å². The predicted octanol–water partition coefficient (Wildman–Crippen LogP) is 1.33. The fourth-order valence-corrected chi connectivity index (χ4v) is 2.03. The lowest BCUT2D eigenvalue weighted by atomic mass is 9.89. The van der Waals surface area contributed by atoms with Gasteiger partial charge in [0.25, 0.3) is 0 Å². The highest BCUT2D eigenvalue weighted by Crippen LogP contribution is 2.36. The molecule has 0 aliphatic heterocycles. The molecule has 0 radical (unpaired) electrons. The van der Waals surface area contributed by atoms with E-state index in [1.807, 2.05) is 6.92 Å². The summed E-state index contributed by atoms with van der Waals surface area (Å²) in [6.07, 6.45) is 2.19. The summed E-state index contributed by atoms with van der Waals surface area (Å²) in [4.78, 5) is 0. The molecular formula is C10H18O2. The predicted molar refractivity (Wildman–Crippen MR) is 48.8 cm³/mol. The molecule has 2 N–H and O–H groups in total. The Morgan fingerprint density at radius 3 is 2.67 bits per heavy atom. The van der Waals surface area contributed by atoms with E-state index in [4.69, 9.17) is 10.2 Å². The molecule has 12 heavy (non-hydrogen) atoms. The standard InChI is InChI=1S/C10H18O2/c1-7-3-4-9(8(2)5-11)10(7)6-12/h8-9,11-12H,3-6H2,1-2H3/t8-,9+/m1/s1. The van der Waals surface area contributed by atoms with E-state index in [1.54, 1.807) is 0 Å². The molecule has 0 heterocycles. The summed E-state index contributed by atoms with van der Waals surface area (Å²) in [7, 11) is 0. The average molecular weight is 170 g/mol. The van der Waals surface area contributed by atoms with Crippen molar-refractivity contribution in [1.29, 1.82) is 0 Å². The third-order valence-electron chi connectivity index (χ3n) is 2.97.